The number of hydrogen-bond acceptors (Lipinski definition) is 4. The van der Waals surface area contributed by atoms with Crippen LogP contribution in [0.3, 0.4) is 0 Å². The SMILES string of the molecule is Clc1ccc(-c2nncnc2N2CCCCC2)cc1. The third-order valence-corrected chi connectivity index (χ3v) is 3.63. The Morgan fingerprint density at radius 2 is 1.74 bits per heavy atom. The van der Waals surface area contributed by atoms with Crippen LogP contribution in [0.5, 0.6) is 0 Å². The van der Waals surface area contributed by atoms with E-state index in [4.69, 9.17) is 11.6 Å². The van der Waals surface area contributed by atoms with Gasteiger partial charge < -0.3 is 4.90 Å². The topological polar surface area (TPSA) is 41.9 Å². The third kappa shape index (κ3) is 2.68. The molecule has 19 heavy (non-hydrogen) atoms. The van der Waals surface area contributed by atoms with Gasteiger partial charge in [-0.1, -0.05) is 23.7 Å². The van der Waals surface area contributed by atoms with Gasteiger partial charge in [-0.15, -0.1) is 10.2 Å². The summed E-state index contributed by atoms with van der Waals surface area (Å²) in [5.41, 5.74) is 1.84. The second-order valence-corrected chi connectivity index (χ2v) is 5.12. The number of nitrogens with zero attached hydrogens (tertiary/aromatic N) is 4. The molecule has 4 nitrogen and oxygen atoms in total. The summed E-state index contributed by atoms with van der Waals surface area (Å²) < 4.78 is 0. The zero-order valence-corrected chi connectivity index (χ0v) is 11.3. The zero-order chi connectivity index (χ0) is 13.1. The molecule has 2 aromatic rings. The number of anilines is 1. The van der Waals surface area contributed by atoms with Crippen molar-refractivity contribution in [2.75, 3.05) is 18.0 Å². The molecule has 2 heterocycles. The molecule has 0 saturated carbocycles. The molecule has 3 rings (SSSR count). The molecule has 1 fully saturated rings. The summed E-state index contributed by atoms with van der Waals surface area (Å²) in [6.45, 7) is 2.08. The van der Waals surface area contributed by atoms with E-state index >= 15 is 0 Å². The van der Waals surface area contributed by atoms with Crippen LogP contribution in [0.15, 0.2) is 30.6 Å². The van der Waals surface area contributed by atoms with Crippen LogP contribution in [0, 0.1) is 0 Å². The Labute approximate surface area is 117 Å². The van der Waals surface area contributed by atoms with Crippen LogP contribution in [-0.4, -0.2) is 28.3 Å². The highest BCUT2D eigenvalue weighted by atomic mass is 35.5. The summed E-state index contributed by atoms with van der Waals surface area (Å²) in [6.07, 6.45) is 5.24. The molecule has 5 heteroatoms. The Morgan fingerprint density at radius 1 is 1.00 bits per heavy atom. The summed E-state index contributed by atoms with van der Waals surface area (Å²) in [6, 6.07) is 7.65. The van der Waals surface area contributed by atoms with Gasteiger partial charge in [0.1, 0.15) is 12.0 Å². The summed E-state index contributed by atoms with van der Waals surface area (Å²) >= 11 is 5.93. The number of rotatable bonds is 2. The largest absolute Gasteiger partial charge is 0.355 e. The van der Waals surface area contributed by atoms with Crippen molar-refractivity contribution in [1.82, 2.24) is 15.2 Å². The van der Waals surface area contributed by atoms with E-state index in [1.54, 1.807) is 0 Å². The lowest BCUT2D eigenvalue weighted by atomic mass is 10.1. The maximum atomic E-state index is 5.93. The van der Waals surface area contributed by atoms with Crippen LogP contribution < -0.4 is 4.90 Å². The van der Waals surface area contributed by atoms with E-state index in [-0.39, 0.29) is 0 Å². The molecule has 1 aliphatic heterocycles. The fourth-order valence-electron chi connectivity index (χ4n) is 2.40. The fourth-order valence-corrected chi connectivity index (χ4v) is 2.53. The third-order valence-electron chi connectivity index (χ3n) is 3.37. The van der Waals surface area contributed by atoms with Crippen molar-refractivity contribution in [3.05, 3.63) is 35.6 Å². The van der Waals surface area contributed by atoms with Gasteiger partial charge in [0.05, 0.1) is 0 Å². The Balaban J connectivity index is 1.98. The molecule has 1 aromatic heterocycles. The van der Waals surface area contributed by atoms with Crippen LogP contribution in [0.4, 0.5) is 5.82 Å². The standard InChI is InChI=1S/C14H15ClN4/c15-12-6-4-11(5-7-12)13-14(16-10-17-18-13)19-8-2-1-3-9-19/h4-7,10H,1-3,8-9H2. The molecule has 0 amide bonds. The van der Waals surface area contributed by atoms with Crippen LogP contribution in [0.1, 0.15) is 19.3 Å². The van der Waals surface area contributed by atoms with Gasteiger partial charge in [0.15, 0.2) is 5.82 Å². The zero-order valence-electron chi connectivity index (χ0n) is 10.6. The molecule has 0 bridgehead atoms. The van der Waals surface area contributed by atoms with Gasteiger partial charge in [-0.2, -0.15) is 0 Å². The van der Waals surface area contributed by atoms with Crippen LogP contribution in [0.2, 0.25) is 5.02 Å². The Kier molecular flexibility index (Phi) is 3.60. The summed E-state index contributed by atoms with van der Waals surface area (Å²) in [5, 5.41) is 8.90. The number of benzene rings is 1. The predicted molar refractivity (Wildman–Crippen MR) is 76.3 cm³/mol. The normalized spacial score (nSPS) is 15.5. The molecule has 0 aliphatic carbocycles. The molecule has 0 unspecified atom stereocenters. The van der Waals surface area contributed by atoms with Crippen molar-refractivity contribution in [1.29, 1.82) is 0 Å². The van der Waals surface area contributed by atoms with E-state index in [1.165, 1.54) is 25.6 Å². The van der Waals surface area contributed by atoms with E-state index in [1.807, 2.05) is 24.3 Å². The van der Waals surface area contributed by atoms with E-state index < -0.39 is 0 Å². The van der Waals surface area contributed by atoms with Crippen LogP contribution >= 0.6 is 11.6 Å². The highest BCUT2D eigenvalue weighted by molar-refractivity contribution is 6.30. The highest BCUT2D eigenvalue weighted by Crippen LogP contribution is 2.28. The Morgan fingerprint density at radius 3 is 2.47 bits per heavy atom. The minimum absolute atomic E-state index is 0.722. The first-order valence-corrected chi connectivity index (χ1v) is 6.91. The van der Waals surface area contributed by atoms with Crippen molar-refractivity contribution < 1.29 is 0 Å². The second-order valence-electron chi connectivity index (χ2n) is 4.69. The molecule has 0 atom stereocenters. The molecule has 1 aliphatic rings. The first kappa shape index (κ1) is 12.4. The van der Waals surface area contributed by atoms with Crippen LogP contribution in [0.25, 0.3) is 11.3 Å². The summed E-state index contributed by atoms with van der Waals surface area (Å²) in [4.78, 5) is 6.71. The molecule has 1 aromatic carbocycles. The lowest BCUT2D eigenvalue weighted by Gasteiger charge is -2.28. The summed E-state index contributed by atoms with van der Waals surface area (Å²) in [5.74, 6) is 0.928. The predicted octanol–water partition coefficient (Wildman–Crippen LogP) is 3.18. The minimum atomic E-state index is 0.722. The first-order chi connectivity index (χ1) is 9.34. The minimum Gasteiger partial charge on any atom is -0.355 e. The maximum absolute atomic E-state index is 5.93. The van der Waals surface area contributed by atoms with Gasteiger partial charge in [0.2, 0.25) is 0 Å². The van der Waals surface area contributed by atoms with Gasteiger partial charge in [-0.3, -0.25) is 0 Å². The van der Waals surface area contributed by atoms with Gasteiger partial charge >= 0.3 is 0 Å². The van der Waals surface area contributed by atoms with Gasteiger partial charge in [0, 0.05) is 23.7 Å². The molecule has 98 valence electrons. The van der Waals surface area contributed by atoms with Gasteiger partial charge in [-0.05, 0) is 31.4 Å². The van der Waals surface area contributed by atoms with E-state index in [0.717, 1.165) is 35.2 Å². The molecular weight excluding hydrogens is 260 g/mol. The van der Waals surface area contributed by atoms with E-state index in [2.05, 4.69) is 20.1 Å². The van der Waals surface area contributed by atoms with Crippen molar-refractivity contribution in [3.63, 3.8) is 0 Å². The van der Waals surface area contributed by atoms with Crippen molar-refractivity contribution in [2.24, 2.45) is 0 Å². The Hall–Kier alpha value is -1.68. The average Bonchev–Trinajstić information content (AvgIpc) is 2.49. The average molecular weight is 275 g/mol. The van der Waals surface area contributed by atoms with E-state index in [9.17, 15) is 0 Å². The molecule has 1 saturated heterocycles. The summed E-state index contributed by atoms with van der Waals surface area (Å²) in [7, 11) is 0. The van der Waals surface area contributed by atoms with Gasteiger partial charge in [-0.25, -0.2) is 4.98 Å². The monoisotopic (exact) mass is 274 g/mol. The van der Waals surface area contributed by atoms with E-state index in [0.29, 0.717) is 0 Å². The van der Waals surface area contributed by atoms with Gasteiger partial charge in [0.25, 0.3) is 0 Å². The first-order valence-electron chi connectivity index (χ1n) is 6.53. The van der Waals surface area contributed by atoms with Crippen molar-refractivity contribution in [3.8, 4) is 11.3 Å². The molecule has 0 radical (unpaired) electrons. The molecule has 0 N–H and O–H groups in total. The highest BCUT2D eigenvalue weighted by Gasteiger charge is 2.17. The van der Waals surface area contributed by atoms with Crippen molar-refractivity contribution in [2.45, 2.75) is 19.3 Å². The lowest BCUT2D eigenvalue weighted by molar-refractivity contribution is 0.572. The molecular formula is C14H15ClN4. The maximum Gasteiger partial charge on any atom is 0.158 e. The number of halogens is 1. The molecule has 0 spiro atoms. The fraction of sp³-hybridized carbons (Fsp3) is 0.357. The smallest absolute Gasteiger partial charge is 0.158 e. The Bertz CT molecular complexity index is 550. The number of piperidine rings is 1. The number of hydrogen-bond donors (Lipinski definition) is 0. The van der Waals surface area contributed by atoms with Crippen LogP contribution in [-0.2, 0) is 0 Å². The van der Waals surface area contributed by atoms with Crippen molar-refractivity contribution >= 4 is 17.4 Å². The second kappa shape index (κ2) is 5.53. The number of aromatic nitrogens is 3. The lowest BCUT2D eigenvalue weighted by Crippen LogP contribution is -2.31. The quantitative estimate of drug-likeness (QED) is 0.843.